The fourth-order valence-electron chi connectivity index (χ4n) is 2.56. The van der Waals surface area contributed by atoms with E-state index in [4.69, 9.17) is 0 Å². The van der Waals surface area contributed by atoms with Crippen molar-refractivity contribution in [3.05, 3.63) is 11.1 Å². The second-order valence-corrected chi connectivity index (χ2v) is 9.52. The molecule has 1 rings (SSSR count). The number of sulfonamides is 1. The zero-order chi connectivity index (χ0) is 15.1. The minimum Gasteiger partial charge on any atom is -0.212 e. The first-order valence-electron chi connectivity index (χ1n) is 7.10. The topological polar surface area (TPSA) is 37.4 Å². The van der Waals surface area contributed by atoms with Crippen molar-refractivity contribution in [2.75, 3.05) is 18.8 Å². The summed E-state index contributed by atoms with van der Waals surface area (Å²) in [7, 11) is -3.14. The van der Waals surface area contributed by atoms with Crippen LogP contribution in [-0.2, 0) is 10.0 Å². The summed E-state index contributed by atoms with van der Waals surface area (Å²) in [5, 5.41) is 0. The molecule has 3 nitrogen and oxygen atoms in total. The second kappa shape index (κ2) is 5.21. The largest absolute Gasteiger partial charge is 0.218 e. The molecule has 0 radical (unpaired) electrons. The molecular weight excluding hydrogens is 258 g/mol. The van der Waals surface area contributed by atoms with Crippen LogP contribution in [0.5, 0.6) is 0 Å². The van der Waals surface area contributed by atoms with Crippen LogP contribution in [0, 0.1) is 10.8 Å². The zero-order valence-corrected chi connectivity index (χ0v) is 14.3. The Bertz CT molecular complexity index is 461. The lowest BCUT2D eigenvalue weighted by Gasteiger charge is -2.40. The van der Waals surface area contributed by atoms with Crippen LogP contribution in [-0.4, -0.2) is 31.6 Å². The highest BCUT2D eigenvalue weighted by molar-refractivity contribution is 7.89. The van der Waals surface area contributed by atoms with Crippen LogP contribution in [0.1, 0.15) is 54.9 Å². The highest BCUT2D eigenvalue weighted by atomic mass is 32.2. The van der Waals surface area contributed by atoms with Crippen molar-refractivity contribution in [2.45, 2.75) is 54.9 Å². The van der Waals surface area contributed by atoms with Crippen LogP contribution in [0.3, 0.4) is 0 Å². The fourth-order valence-corrected chi connectivity index (χ4v) is 4.50. The van der Waals surface area contributed by atoms with E-state index in [-0.39, 0.29) is 16.6 Å². The third-order valence-corrected chi connectivity index (χ3v) is 5.45. The predicted molar refractivity (Wildman–Crippen MR) is 81.6 cm³/mol. The maximum absolute atomic E-state index is 12.4. The molecule has 4 heteroatoms. The summed E-state index contributed by atoms with van der Waals surface area (Å²) in [6, 6.07) is 0. The smallest absolute Gasteiger partial charge is 0.212 e. The molecular formula is C15H29NO2S. The summed E-state index contributed by atoms with van der Waals surface area (Å²) in [5.41, 5.74) is 2.33. The Morgan fingerprint density at radius 1 is 1.00 bits per heavy atom. The molecule has 0 N–H and O–H groups in total. The van der Waals surface area contributed by atoms with Crippen LogP contribution in [0.4, 0.5) is 0 Å². The van der Waals surface area contributed by atoms with Gasteiger partial charge in [0.2, 0.25) is 10.0 Å². The molecule has 0 saturated heterocycles. The third kappa shape index (κ3) is 3.82. The monoisotopic (exact) mass is 287 g/mol. The van der Waals surface area contributed by atoms with Gasteiger partial charge in [-0.15, -0.1) is 0 Å². The van der Waals surface area contributed by atoms with E-state index >= 15 is 0 Å². The van der Waals surface area contributed by atoms with Gasteiger partial charge >= 0.3 is 0 Å². The van der Waals surface area contributed by atoms with Crippen molar-refractivity contribution < 1.29 is 8.42 Å². The molecule has 0 unspecified atom stereocenters. The van der Waals surface area contributed by atoms with E-state index in [0.29, 0.717) is 13.1 Å². The van der Waals surface area contributed by atoms with E-state index in [0.717, 1.165) is 12.0 Å². The molecule has 0 aliphatic carbocycles. The number of nitrogens with zero attached hydrogens (tertiary/aromatic N) is 1. The first-order valence-corrected chi connectivity index (χ1v) is 8.71. The molecule has 1 aliphatic rings. The Morgan fingerprint density at radius 2 is 1.47 bits per heavy atom. The molecule has 0 spiro atoms. The van der Waals surface area contributed by atoms with Gasteiger partial charge in [-0.2, -0.15) is 4.31 Å². The Kier molecular flexibility index (Phi) is 4.58. The molecule has 0 atom stereocenters. The van der Waals surface area contributed by atoms with Gasteiger partial charge in [-0.3, -0.25) is 0 Å². The Morgan fingerprint density at radius 3 is 1.84 bits per heavy atom. The van der Waals surface area contributed by atoms with Crippen molar-refractivity contribution in [1.29, 1.82) is 0 Å². The van der Waals surface area contributed by atoms with Crippen LogP contribution >= 0.6 is 0 Å². The second-order valence-electron chi connectivity index (χ2n) is 7.55. The lowest BCUT2D eigenvalue weighted by atomic mass is 9.75. The van der Waals surface area contributed by atoms with E-state index in [1.54, 1.807) is 4.31 Å². The van der Waals surface area contributed by atoms with E-state index in [9.17, 15) is 8.42 Å². The van der Waals surface area contributed by atoms with Crippen LogP contribution < -0.4 is 0 Å². The van der Waals surface area contributed by atoms with Gasteiger partial charge in [0.1, 0.15) is 0 Å². The lowest BCUT2D eigenvalue weighted by Crippen LogP contribution is -2.44. The van der Waals surface area contributed by atoms with Gasteiger partial charge in [-0.25, -0.2) is 8.42 Å². The molecule has 0 aromatic carbocycles. The zero-order valence-electron chi connectivity index (χ0n) is 13.5. The SMILES string of the molecule is CCCN1CC(C(C)(C)C)=C(C(C)(C)C)CS1(=O)=O. The Hall–Kier alpha value is -0.350. The molecule has 112 valence electrons. The van der Waals surface area contributed by atoms with Crippen LogP contribution in [0.15, 0.2) is 11.1 Å². The molecule has 0 amide bonds. The van der Waals surface area contributed by atoms with Gasteiger partial charge < -0.3 is 0 Å². The van der Waals surface area contributed by atoms with Gasteiger partial charge in [-0.05, 0) is 28.4 Å². The third-order valence-electron chi connectivity index (χ3n) is 3.70. The number of hydrogen-bond acceptors (Lipinski definition) is 2. The predicted octanol–water partition coefficient (Wildman–Crippen LogP) is 3.43. The minimum absolute atomic E-state index is 0.0184. The number of rotatable bonds is 2. The fraction of sp³-hybridized carbons (Fsp3) is 0.867. The average Bonchev–Trinajstić information content (AvgIpc) is 2.17. The van der Waals surface area contributed by atoms with Crippen molar-refractivity contribution in [3.8, 4) is 0 Å². The summed E-state index contributed by atoms with van der Waals surface area (Å²) in [5.74, 6) is 0.184. The van der Waals surface area contributed by atoms with Crippen molar-refractivity contribution in [3.63, 3.8) is 0 Å². The summed E-state index contributed by atoms with van der Waals surface area (Å²) in [6.45, 7) is 16.1. The van der Waals surface area contributed by atoms with E-state index in [1.807, 2.05) is 6.92 Å². The highest BCUT2D eigenvalue weighted by Gasteiger charge is 2.38. The standard InChI is InChI=1S/C15H29NO2S/c1-8-9-16-10-12(14(2,3)4)13(15(5,6)7)11-19(16,17)18/h8-11H2,1-7H3. The Labute approximate surface area is 119 Å². The molecule has 19 heavy (non-hydrogen) atoms. The van der Waals surface area contributed by atoms with Gasteiger partial charge in [0.25, 0.3) is 0 Å². The van der Waals surface area contributed by atoms with E-state index in [2.05, 4.69) is 41.5 Å². The normalized spacial score (nSPS) is 21.8. The van der Waals surface area contributed by atoms with Crippen LogP contribution in [0.2, 0.25) is 0 Å². The molecule has 0 aromatic heterocycles. The first-order chi connectivity index (χ1) is 8.39. The minimum atomic E-state index is -3.14. The molecule has 1 heterocycles. The van der Waals surface area contributed by atoms with Gasteiger partial charge in [0.05, 0.1) is 5.75 Å². The van der Waals surface area contributed by atoms with Gasteiger partial charge in [0, 0.05) is 13.1 Å². The summed E-state index contributed by atoms with van der Waals surface area (Å²) in [6.07, 6.45) is 0.863. The highest BCUT2D eigenvalue weighted by Crippen LogP contribution is 2.40. The van der Waals surface area contributed by atoms with Crippen molar-refractivity contribution in [2.24, 2.45) is 10.8 Å². The van der Waals surface area contributed by atoms with E-state index in [1.165, 1.54) is 5.57 Å². The maximum atomic E-state index is 12.4. The quantitative estimate of drug-likeness (QED) is 0.730. The average molecular weight is 287 g/mol. The number of hydrogen-bond donors (Lipinski definition) is 0. The summed E-state index contributed by atoms with van der Waals surface area (Å²) >= 11 is 0. The lowest BCUT2D eigenvalue weighted by molar-refractivity contribution is 0.358. The molecule has 0 bridgehead atoms. The molecule has 0 aromatic rings. The Balaban J connectivity index is 3.35. The summed E-state index contributed by atoms with van der Waals surface area (Å²) < 4.78 is 26.4. The first kappa shape index (κ1) is 16.7. The van der Waals surface area contributed by atoms with E-state index < -0.39 is 10.0 Å². The van der Waals surface area contributed by atoms with Gasteiger partial charge in [0.15, 0.2) is 0 Å². The van der Waals surface area contributed by atoms with Crippen molar-refractivity contribution in [1.82, 2.24) is 4.31 Å². The summed E-state index contributed by atoms with van der Waals surface area (Å²) in [4.78, 5) is 0. The van der Waals surface area contributed by atoms with Crippen LogP contribution in [0.25, 0.3) is 0 Å². The molecule has 0 fully saturated rings. The van der Waals surface area contributed by atoms with Crippen molar-refractivity contribution >= 4 is 10.0 Å². The molecule has 0 saturated carbocycles. The molecule has 1 aliphatic heterocycles. The van der Waals surface area contributed by atoms with Gasteiger partial charge in [-0.1, -0.05) is 48.5 Å². The maximum Gasteiger partial charge on any atom is 0.218 e.